The van der Waals surface area contributed by atoms with Crippen molar-refractivity contribution < 1.29 is 0 Å². The van der Waals surface area contributed by atoms with Crippen LogP contribution in [0.15, 0.2) is 6.20 Å². The van der Waals surface area contributed by atoms with E-state index in [-0.39, 0.29) is 0 Å². The summed E-state index contributed by atoms with van der Waals surface area (Å²) >= 11 is 0. The van der Waals surface area contributed by atoms with Crippen LogP contribution in [0.3, 0.4) is 0 Å². The highest BCUT2D eigenvalue weighted by atomic mass is 15.2. The Kier molecular flexibility index (Phi) is 6.80. The molecule has 1 heterocycles. The van der Waals surface area contributed by atoms with E-state index in [9.17, 15) is 0 Å². The Morgan fingerprint density at radius 3 is 2.61 bits per heavy atom. The average molecular weight is 252 g/mol. The molecule has 1 rings (SSSR count). The highest BCUT2D eigenvalue weighted by Crippen LogP contribution is 2.09. The summed E-state index contributed by atoms with van der Waals surface area (Å²) in [6.45, 7) is 14.0. The van der Waals surface area contributed by atoms with Crippen molar-refractivity contribution in [2.24, 2.45) is 0 Å². The molecular weight excluding hydrogens is 224 g/mol. The molecule has 0 aliphatic heterocycles. The van der Waals surface area contributed by atoms with Gasteiger partial charge in [-0.1, -0.05) is 27.2 Å². The third kappa shape index (κ3) is 4.69. The molecule has 0 unspecified atom stereocenters. The summed E-state index contributed by atoms with van der Waals surface area (Å²) in [5.41, 5.74) is 1.09. The highest BCUT2D eigenvalue weighted by molar-refractivity contribution is 5.28. The van der Waals surface area contributed by atoms with Gasteiger partial charge in [0.15, 0.2) is 0 Å². The van der Waals surface area contributed by atoms with Crippen molar-refractivity contribution >= 4 is 5.95 Å². The Bertz CT molecular complexity index is 329. The Labute approximate surface area is 111 Å². The standard InChI is InChI=1S/C14H28N4/c1-5-8-10-18-12-13(4)16-14(18)15-9-11-17(6-2)7-3/h12H,5-11H2,1-4H3,(H,15,16). The molecule has 18 heavy (non-hydrogen) atoms. The number of aryl methyl sites for hydroxylation is 2. The van der Waals surface area contributed by atoms with Crippen LogP contribution in [-0.2, 0) is 6.54 Å². The van der Waals surface area contributed by atoms with Crippen molar-refractivity contribution in [3.8, 4) is 0 Å². The van der Waals surface area contributed by atoms with Crippen molar-refractivity contribution in [1.29, 1.82) is 0 Å². The van der Waals surface area contributed by atoms with Gasteiger partial charge in [-0.05, 0) is 26.4 Å². The lowest BCUT2D eigenvalue weighted by atomic mass is 10.3. The van der Waals surface area contributed by atoms with E-state index in [0.717, 1.165) is 44.4 Å². The smallest absolute Gasteiger partial charge is 0.203 e. The highest BCUT2D eigenvalue weighted by Gasteiger charge is 2.05. The lowest BCUT2D eigenvalue weighted by Crippen LogP contribution is -2.29. The molecule has 1 aromatic heterocycles. The number of imidazole rings is 1. The molecule has 0 aliphatic rings. The Balaban J connectivity index is 2.45. The van der Waals surface area contributed by atoms with Gasteiger partial charge < -0.3 is 14.8 Å². The van der Waals surface area contributed by atoms with Crippen molar-refractivity contribution in [3.63, 3.8) is 0 Å². The van der Waals surface area contributed by atoms with E-state index in [0.29, 0.717) is 0 Å². The lowest BCUT2D eigenvalue weighted by Gasteiger charge is -2.18. The molecule has 104 valence electrons. The minimum atomic E-state index is 0.963. The molecule has 0 radical (unpaired) electrons. The first-order valence-electron chi connectivity index (χ1n) is 7.21. The maximum absolute atomic E-state index is 4.55. The summed E-state index contributed by atoms with van der Waals surface area (Å²) in [5.74, 6) is 1.02. The molecule has 1 N–H and O–H groups in total. The molecule has 0 bridgehead atoms. The number of nitrogens with zero attached hydrogens (tertiary/aromatic N) is 3. The van der Waals surface area contributed by atoms with Crippen LogP contribution < -0.4 is 5.32 Å². The molecule has 0 saturated carbocycles. The first-order chi connectivity index (χ1) is 8.71. The van der Waals surface area contributed by atoms with Crippen molar-refractivity contribution in [2.45, 2.75) is 47.1 Å². The van der Waals surface area contributed by atoms with Gasteiger partial charge in [-0.2, -0.15) is 0 Å². The number of aromatic nitrogens is 2. The van der Waals surface area contributed by atoms with E-state index >= 15 is 0 Å². The number of rotatable bonds is 9. The molecule has 4 nitrogen and oxygen atoms in total. The number of hydrogen-bond acceptors (Lipinski definition) is 3. The molecule has 0 fully saturated rings. The Morgan fingerprint density at radius 2 is 2.00 bits per heavy atom. The van der Waals surface area contributed by atoms with Crippen molar-refractivity contribution in [2.75, 3.05) is 31.5 Å². The summed E-state index contributed by atoms with van der Waals surface area (Å²) in [6.07, 6.45) is 4.56. The van der Waals surface area contributed by atoms with Crippen molar-refractivity contribution in [3.05, 3.63) is 11.9 Å². The first-order valence-corrected chi connectivity index (χ1v) is 7.21. The fourth-order valence-electron chi connectivity index (χ4n) is 2.05. The predicted octanol–water partition coefficient (Wildman–Crippen LogP) is 2.75. The summed E-state index contributed by atoms with van der Waals surface area (Å²) < 4.78 is 2.24. The van der Waals surface area contributed by atoms with Gasteiger partial charge in [0.25, 0.3) is 0 Å². The largest absolute Gasteiger partial charge is 0.354 e. The quantitative estimate of drug-likeness (QED) is 0.733. The van der Waals surface area contributed by atoms with Gasteiger partial charge in [0, 0.05) is 25.8 Å². The normalized spacial score (nSPS) is 11.2. The fraction of sp³-hybridized carbons (Fsp3) is 0.786. The molecule has 0 atom stereocenters. The summed E-state index contributed by atoms with van der Waals surface area (Å²) in [6, 6.07) is 0. The van der Waals surface area contributed by atoms with Crippen molar-refractivity contribution in [1.82, 2.24) is 14.5 Å². The molecule has 0 aromatic carbocycles. The maximum Gasteiger partial charge on any atom is 0.203 e. The summed E-state index contributed by atoms with van der Waals surface area (Å²) in [7, 11) is 0. The van der Waals surface area contributed by atoms with E-state index in [2.05, 4.69) is 53.7 Å². The first kappa shape index (κ1) is 15.0. The second-order valence-electron chi connectivity index (χ2n) is 4.71. The van der Waals surface area contributed by atoms with E-state index in [1.807, 2.05) is 0 Å². The Hall–Kier alpha value is -1.03. The third-order valence-electron chi connectivity index (χ3n) is 3.26. The SMILES string of the molecule is CCCCn1cc(C)nc1NCCN(CC)CC. The number of hydrogen-bond donors (Lipinski definition) is 1. The van der Waals surface area contributed by atoms with Crippen LogP contribution in [0.2, 0.25) is 0 Å². The van der Waals surface area contributed by atoms with E-state index < -0.39 is 0 Å². The van der Waals surface area contributed by atoms with Gasteiger partial charge in [-0.25, -0.2) is 4.98 Å². The van der Waals surface area contributed by atoms with Crippen LogP contribution in [0.25, 0.3) is 0 Å². The molecule has 1 aromatic rings. The van der Waals surface area contributed by atoms with Crippen LogP contribution in [-0.4, -0.2) is 40.6 Å². The van der Waals surface area contributed by atoms with Crippen LogP contribution >= 0.6 is 0 Å². The second-order valence-corrected chi connectivity index (χ2v) is 4.71. The number of likely N-dealkylation sites (N-methyl/N-ethyl adjacent to an activating group) is 1. The lowest BCUT2D eigenvalue weighted by molar-refractivity contribution is 0.315. The van der Waals surface area contributed by atoms with Crippen LogP contribution in [0.5, 0.6) is 0 Å². The predicted molar refractivity (Wildman–Crippen MR) is 78.1 cm³/mol. The monoisotopic (exact) mass is 252 g/mol. The summed E-state index contributed by atoms with van der Waals surface area (Å²) in [4.78, 5) is 6.96. The average Bonchev–Trinajstić information content (AvgIpc) is 2.72. The van der Waals surface area contributed by atoms with Crippen LogP contribution in [0.1, 0.15) is 39.3 Å². The zero-order valence-electron chi connectivity index (χ0n) is 12.4. The number of unbranched alkanes of at least 4 members (excludes halogenated alkanes) is 1. The molecule has 0 aliphatic carbocycles. The zero-order valence-corrected chi connectivity index (χ0v) is 12.4. The number of nitrogens with one attached hydrogen (secondary N) is 1. The van der Waals surface area contributed by atoms with E-state index in [1.54, 1.807) is 0 Å². The molecule has 0 amide bonds. The molecule has 0 spiro atoms. The molecular formula is C14H28N4. The van der Waals surface area contributed by atoms with Gasteiger partial charge in [0.1, 0.15) is 0 Å². The van der Waals surface area contributed by atoms with Gasteiger partial charge in [-0.15, -0.1) is 0 Å². The van der Waals surface area contributed by atoms with E-state index in [1.165, 1.54) is 12.8 Å². The third-order valence-corrected chi connectivity index (χ3v) is 3.26. The number of anilines is 1. The van der Waals surface area contributed by atoms with Gasteiger partial charge in [0.05, 0.1) is 5.69 Å². The molecule has 0 saturated heterocycles. The van der Waals surface area contributed by atoms with Gasteiger partial charge in [-0.3, -0.25) is 0 Å². The van der Waals surface area contributed by atoms with Gasteiger partial charge in [0.2, 0.25) is 5.95 Å². The maximum atomic E-state index is 4.55. The topological polar surface area (TPSA) is 33.1 Å². The fourth-order valence-corrected chi connectivity index (χ4v) is 2.05. The zero-order chi connectivity index (χ0) is 13.4. The van der Waals surface area contributed by atoms with Crippen LogP contribution in [0, 0.1) is 6.92 Å². The van der Waals surface area contributed by atoms with Crippen LogP contribution in [0.4, 0.5) is 5.95 Å². The Morgan fingerprint density at radius 1 is 1.28 bits per heavy atom. The van der Waals surface area contributed by atoms with Gasteiger partial charge >= 0.3 is 0 Å². The van der Waals surface area contributed by atoms with E-state index in [4.69, 9.17) is 0 Å². The molecule has 4 heteroatoms. The second kappa shape index (κ2) is 8.14. The minimum absolute atomic E-state index is 0.963. The minimum Gasteiger partial charge on any atom is -0.354 e. The summed E-state index contributed by atoms with van der Waals surface area (Å²) in [5, 5.41) is 3.45.